The number of aromatic nitrogens is 2. The monoisotopic (exact) mass is 236 g/mol. The number of alkyl halides is 3. The lowest BCUT2D eigenvalue weighted by molar-refractivity contribution is -0.142. The largest absolute Gasteiger partial charge is 0.435 e. The SMILES string of the molecule is C#CC(C)c1c(C(F)(F)F)nn(C)c1Cl. The normalized spacial score (nSPS) is 13.7. The molecule has 1 aromatic heterocycles. The lowest BCUT2D eigenvalue weighted by Crippen LogP contribution is -2.10. The topological polar surface area (TPSA) is 17.8 Å². The Morgan fingerprint density at radius 1 is 1.53 bits per heavy atom. The van der Waals surface area contributed by atoms with E-state index in [4.69, 9.17) is 18.0 Å². The molecule has 0 saturated carbocycles. The summed E-state index contributed by atoms with van der Waals surface area (Å²) in [4.78, 5) is 0. The number of nitrogens with zero attached hydrogens (tertiary/aromatic N) is 2. The predicted molar refractivity (Wildman–Crippen MR) is 50.5 cm³/mol. The average molecular weight is 237 g/mol. The van der Waals surface area contributed by atoms with E-state index in [0.29, 0.717) is 0 Å². The highest BCUT2D eigenvalue weighted by Gasteiger charge is 2.39. The summed E-state index contributed by atoms with van der Waals surface area (Å²) in [6.07, 6.45) is 0.545. The van der Waals surface area contributed by atoms with Crippen LogP contribution in [0.3, 0.4) is 0 Å². The second-order valence-electron chi connectivity index (χ2n) is 3.06. The van der Waals surface area contributed by atoms with Crippen molar-refractivity contribution in [3.8, 4) is 12.3 Å². The molecule has 0 radical (unpaired) electrons. The van der Waals surface area contributed by atoms with E-state index in [9.17, 15) is 13.2 Å². The lowest BCUT2D eigenvalue weighted by Gasteiger charge is -2.08. The molecule has 0 aliphatic carbocycles. The molecule has 2 nitrogen and oxygen atoms in total. The Hall–Kier alpha value is -1.15. The highest BCUT2D eigenvalue weighted by molar-refractivity contribution is 6.30. The molecular weight excluding hydrogens is 229 g/mol. The summed E-state index contributed by atoms with van der Waals surface area (Å²) in [5, 5.41) is 3.24. The molecule has 82 valence electrons. The second kappa shape index (κ2) is 3.78. The minimum Gasteiger partial charge on any atom is -0.256 e. The van der Waals surface area contributed by atoms with Gasteiger partial charge in [0.05, 0.1) is 0 Å². The molecule has 0 spiro atoms. The molecule has 0 fully saturated rings. The van der Waals surface area contributed by atoms with Gasteiger partial charge in [0.1, 0.15) is 5.15 Å². The zero-order valence-corrected chi connectivity index (χ0v) is 8.82. The van der Waals surface area contributed by atoms with Crippen molar-refractivity contribution in [1.29, 1.82) is 0 Å². The van der Waals surface area contributed by atoms with Crippen LogP contribution in [0.15, 0.2) is 0 Å². The molecule has 0 amide bonds. The quantitative estimate of drug-likeness (QED) is 0.686. The van der Waals surface area contributed by atoms with Crippen LogP contribution in [0, 0.1) is 12.3 Å². The van der Waals surface area contributed by atoms with E-state index < -0.39 is 17.8 Å². The van der Waals surface area contributed by atoms with Crippen LogP contribution in [-0.2, 0) is 13.2 Å². The standard InChI is InChI=1S/C9H8ClF3N2/c1-4-5(2)6-7(9(11,12)13)14-15(3)8(6)10/h1,5H,2-3H3. The Balaban J connectivity index is 3.42. The molecule has 15 heavy (non-hydrogen) atoms. The Bertz CT molecular complexity index is 414. The maximum atomic E-state index is 12.5. The number of terminal acetylenes is 1. The van der Waals surface area contributed by atoms with E-state index in [0.717, 1.165) is 4.68 Å². The highest BCUT2D eigenvalue weighted by Crippen LogP contribution is 2.37. The third-order valence-electron chi connectivity index (χ3n) is 1.96. The maximum absolute atomic E-state index is 12.5. The first-order valence-corrected chi connectivity index (χ1v) is 4.42. The molecule has 0 saturated heterocycles. The Morgan fingerprint density at radius 3 is 2.47 bits per heavy atom. The summed E-state index contributed by atoms with van der Waals surface area (Å²) < 4.78 is 38.6. The van der Waals surface area contributed by atoms with Crippen LogP contribution in [0.1, 0.15) is 24.1 Å². The number of aryl methyl sites for hydroxylation is 1. The number of hydrogen-bond donors (Lipinski definition) is 0. The molecule has 0 N–H and O–H groups in total. The third kappa shape index (κ3) is 2.10. The predicted octanol–water partition coefficient (Wildman–Crippen LogP) is 2.83. The van der Waals surface area contributed by atoms with E-state index in [1.807, 2.05) is 0 Å². The summed E-state index contributed by atoms with van der Waals surface area (Å²) in [6, 6.07) is 0. The van der Waals surface area contributed by atoms with Gasteiger partial charge in [-0.2, -0.15) is 18.3 Å². The second-order valence-corrected chi connectivity index (χ2v) is 3.42. The van der Waals surface area contributed by atoms with Gasteiger partial charge in [0.2, 0.25) is 0 Å². The maximum Gasteiger partial charge on any atom is 0.435 e. The van der Waals surface area contributed by atoms with Gasteiger partial charge in [-0.05, 0) is 6.92 Å². The van der Waals surface area contributed by atoms with Gasteiger partial charge in [0.25, 0.3) is 0 Å². The fourth-order valence-electron chi connectivity index (χ4n) is 1.20. The molecular formula is C9H8ClF3N2. The van der Waals surface area contributed by atoms with Crippen molar-refractivity contribution in [3.05, 3.63) is 16.4 Å². The summed E-state index contributed by atoms with van der Waals surface area (Å²) in [6.45, 7) is 1.47. The van der Waals surface area contributed by atoms with E-state index in [2.05, 4.69) is 11.0 Å². The van der Waals surface area contributed by atoms with Crippen LogP contribution in [0.4, 0.5) is 13.2 Å². The van der Waals surface area contributed by atoms with Crippen LogP contribution < -0.4 is 0 Å². The summed E-state index contributed by atoms with van der Waals surface area (Å²) in [7, 11) is 1.34. The van der Waals surface area contributed by atoms with Gasteiger partial charge in [-0.25, -0.2) is 0 Å². The molecule has 1 aromatic rings. The van der Waals surface area contributed by atoms with Crippen molar-refractivity contribution in [3.63, 3.8) is 0 Å². The average Bonchev–Trinajstić information content (AvgIpc) is 2.42. The Labute approximate surface area is 90.0 Å². The van der Waals surface area contributed by atoms with Crippen LogP contribution in [0.2, 0.25) is 5.15 Å². The van der Waals surface area contributed by atoms with E-state index in [1.54, 1.807) is 0 Å². The molecule has 0 aromatic carbocycles. The summed E-state index contributed by atoms with van der Waals surface area (Å²) in [5.41, 5.74) is -1.16. The van der Waals surface area contributed by atoms with Crippen molar-refractivity contribution in [2.24, 2.45) is 7.05 Å². The third-order valence-corrected chi connectivity index (χ3v) is 2.41. The Morgan fingerprint density at radius 2 is 2.07 bits per heavy atom. The van der Waals surface area contributed by atoms with Gasteiger partial charge in [-0.15, -0.1) is 6.42 Å². The van der Waals surface area contributed by atoms with Crippen LogP contribution in [-0.4, -0.2) is 9.78 Å². The van der Waals surface area contributed by atoms with Gasteiger partial charge >= 0.3 is 6.18 Å². The lowest BCUT2D eigenvalue weighted by atomic mass is 10.0. The fraction of sp³-hybridized carbons (Fsp3) is 0.444. The summed E-state index contributed by atoms with van der Waals surface area (Å²) >= 11 is 5.70. The van der Waals surface area contributed by atoms with Gasteiger partial charge in [-0.1, -0.05) is 17.5 Å². The minimum atomic E-state index is -4.54. The highest BCUT2D eigenvalue weighted by atomic mass is 35.5. The molecule has 1 heterocycles. The first-order chi connectivity index (χ1) is 6.79. The number of halogens is 4. The van der Waals surface area contributed by atoms with Crippen molar-refractivity contribution < 1.29 is 13.2 Å². The number of rotatable bonds is 1. The molecule has 1 atom stereocenters. The Kier molecular flexibility index (Phi) is 3.00. The van der Waals surface area contributed by atoms with E-state index >= 15 is 0 Å². The molecule has 6 heteroatoms. The molecule has 1 unspecified atom stereocenters. The van der Waals surface area contributed by atoms with Crippen LogP contribution in [0.5, 0.6) is 0 Å². The number of hydrogen-bond acceptors (Lipinski definition) is 1. The molecule has 0 bridgehead atoms. The van der Waals surface area contributed by atoms with Crippen molar-refractivity contribution in [2.75, 3.05) is 0 Å². The molecule has 1 rings (SSSR count). The van der Waals surface area contributed by atoms with Crippen molar-refractivity contribution in [2.45, 2.75) is 19.0 Å². The first-order valence-electron chi connectivity index (χ1n) is 4.04. The zero-order valence-electron chi connectivity index (χ0n) is 8.06. The molecule has 0 aliphatic rings. The first kappa shape index (κ1) is 11.9. The van der Waals surface area contributed by atoms with Gasteiger partial charge in [-0.3, -0.25) is 4.68 Å². The van der Waals surface area contributed by atoms with E-state index in [1.165, 1.54) is 14.0 Å². The van der Waals surface area contributed by atoms with Crippen LogP contribution >= 0.6 is 11.6 Å². The van der Waals surface area contributed by atoms with Gasteiger partial charge in [0.15, 0.2) is 5.69 Å². The van der Waals surface area contributed by atoms with Gasteiger partial charge in [0, 0.05) is 18.5 Å². The van der Waals surface area contributed by atoms with Crippen molar-refractivity contribution >= 4 is 11.6 Å². The fourth-order valence-corrected chi connectivity index (χ4v) is 1.49. The van der Waals surface area contributed by atoms with Crippen LogP contribution in [0.25, 0.3) is 0 Å². The van der Waals surface area contributed by atoms with Gasteiger partial charge < -0.3 is 0 Å². The molecule has 0 aliphatic heterocycles. The smallest absolute Gasteiger partial charge is 0.256 e. The zero-order chi connectivity index (χ0) is 11.8. The van der Waals surface area contributed by atoms with Crippen molar-refractivity contribution in [1.82, 2.24) is 9.78 Å². The minimum absolute atomic E-state index is 0.0761. The summed E-state index contributed by atoms with van der Waals surface area (Å²) in [5.74, 6) is 1.49. The van der Waals surface area contributed by atoms with E-state index in [-0.39, 0.29) is 10.7 Å².